The summed E-state index contributed by atoms with van der Waals surface area (Å²) < 4.78 is 89.7. The summed E-state index contributed by atoms with van der Waals surface area (Å²) in [6.45, 7) is -4.42. The average Bonchev–Trinajstić information content (AvgIpc) is 3.43. The summed E-state index contributed by atoms with van der Waals surface area (Å²) in [6, 6.07) is 15.5. The molecule has 1 fully saturated rings. The van der Waals surface area contributed by atoms with Crippen LogP contribution >= 0.6 is 0 Å². The zero-order chi connectivity index (χ0) is 32.6. The molecule has 0 bridgehead atoms. The molecule has 1 N–H and O–H groups in total. The molecule has 0 spiro atoms. The van der Waals surface area contributed by atoms with Crippen LogP contribution in [0, 0.1) is 11.3 Å². The number of carbonyl (C=O) groups is 1. The van der Waals surface area contributed by atoms with E-state index < -0.39 is 47.2 Å². The number of hydrogen-bond acceptors (Lipinski definition) is 9. The van der Waals surface area contributed by atoms with E-state index in [2.05, 4.69) is 19.8 Å². The molecule has 1 amide bonds. The normalized spacial score (nSPS) is 17.2. The number of nitriles is 1. The molecule has 2 heterocycles. The van der Waals surface area contributed by atoms with Crippen molar-refractivity contribution in [1.29, 1.82) is 5.26 Å². The molecule has 240 valence electrons. The Morgan fingerprint density at radius 2 is 1.73 bits per heavy atom. The van der Waals surface area contributed by atoms with Crippen molar-refractivity contribution >= 4 is 21.4 Å². The van der Waals surface area contributed by atoms with Crippen molar-refractivity contribution in [3.05, 3.63) is 78.1 Å². The summed E-state index contributed by atoms with van der Waals surface area (Å²) in [4.78, 5) is 19.1. The van der Waals surface area contributed by atoms with E-state index in [1.807, 2.05) is 11.0 Å². The highest BCUT2D eigenvalue weighted by Crippen LogP contribution is 2.30. The number of anilines is 1. The van der Waals surface area contributed by atoms with Gasteiger partial charge in [0, 0.05) is 23.9 Å². The lowest BCUT2D eigenvalue weighted by molar-refractivity contribution is -0.131. The van der Waals surface area contributed by atoms with Gasteiger partial charge in [0.15, 0.2) is 9.84 Å². The number of halogens is 4. The van der Waals surface area contributed by atoms with E-state index >= 15 is 0 Å². The van der Waals surface area contributed by atoms with E-state index in [1.54, 1.807) is 24.3 Å². The van der Waals surface area contributed by atoms with Gasteiger partial charge in [-0.3, -0.25) is 9.78 Å². The molecule has 3 aromatic rings. The van der Waals surface area contributed by atoms with Gasteiger partial charge in [-0.1, -0.05) is 6.92 Å². The first kappa shape index (κ1) is 33.5. The molecule has 0 unspecified atom stereocenters. The highest BCUT2D eigenvalue weighted by atomic mass is 32.2. The molecule has 1 aliphatic heterocycles. The van der Waals surface area contributed by atoms with Crippen LogP contribution in [0.1, 0.15) is 41.9 Å². The summed E-state index contributed by atoms with van der Waals surface area (Å²) in [7, 11) is -3.47. The Morgan fingerprint density at radius 3 is 2.31 bits per heavy atom. The number of nitrogens with zero attached hydrogens (tertiary/aromatic N) is 3. The molecule has 15 heteroatoms. The van der Waals surface area contributed by atoms with Crippen LogP contribution in [0.25, 0.3) is 0 Å². The Labute approximate surface area is 257 Å². The van der Waals surface area contributed by atoms with Crippen molar-refractivity contribution in [2.75, 3.05) is 23.8 Å². The number of benzene rings is 2. The van der Waals surface area contributed by atoms with Crippen LogP contribution in [0.3, 0.4) is 0 Å². The first-order valence-corrected chi connectivity index (χ1v) is 15.5. The summed E-state index contributed by atoms with van der Waals surface area (Å²) in [5.41, 5.74) is 1.19. The van der Waals surface area contributed by atoms with E-state index in [1.165, 1.54) is 49.5 Å². The fraction of sp³-hybridized carbons (Fsp3) is 0.367. The maximum atomic E-state index is 13.1. The molecule has 0 radical (unpaired) electrons. The zero-order valence-corrected chi connectivity index (χ0v) is 24.8. The van der Waals surface area contributed by atoms with E-state index in [9.17, 15) is 36.0 Å². The number of amides is 1. The highest BCUT2D eigenvalue weighted by molar-refractivity contribution is 7.91. The molecule has 1 aromatic heterocycles. The van der Waals surface area contributed by atoms with E-state index in [0.29, 0.717) is 23.6 Å². The minimum absolute atomic E-state index is 0.0340. The Bertz CT molecular complexity index is 1570. The van der Waals surface area contributed by atoms with Crippen molar-refractivity contribution in [2.45, 2.75) is 56.1 Å². The summed E-state index contributed by atoms with van der Waals surface area (Å²) in [6.07, 6.45) is 0.960. The summed E-state index contributed by atoms with van der Waals surface area (Å²) >= 11 is 0. The van der Waals surface area contributed by atoms with Gasteiger partial charge in [0.1, 0.15) is 17.6 Å². The van der Waals surface area contributed by atoms with Crippen LogP contribution in [-0.2, 0) is 14.6 Å². The number of hydrogen-bond donors (Lipinski definition) is 1. The predicted octanol–water partition coefficient (Wildman–Crippen LogP) is 5.13. The number of sulfone groups is 1. The Kier molecular flexibility index (Phi) is 11.2. The lowest BCUT2D eigenvalue weighted by atomic mass is 10.1. The minimum Gasteiger partial charge on any atom is -0.489 e. The quantitative estimate of drug-likeness (QED) is 0.236. The van der Waals surface area contributed by atoms with Crippen LogP contribution in [0.5, 0.6) is 11.5 Å². The number of pyridine rings is 1. The number of ether oxygens (including phenoxy) is 3. The van der Waals surface area contributed by atoms with E-state index in [4.69, 9.17) is 4.74 Å². The number of alkyl halides is 4. The Morgan fingerprint density at radius 1 is 1.04 bits per heavy atom. The van der Waals surface area contributed by atoms with Gasteiger partial charge in [0.05, 0.1) is 54.1 Å². The molecule has 1 aliphatic rings. The first-order valence-electron chi connectivity index (χ1n) is 13.8. The standard InChI is InChI=1S/C30H30F4N4O6S/c1-2-45(40,41)25-11-12-26(36-16-25)27(13-14-35)37-28(39)19-3-5-20(6-4-19)38-17-24(15-21(38)18-42-29(31)32)43-22-7-9-23(10-8-22)44-30(33)34/h3-12,16,21,24,27,29-30H,2,13,15,17-18H2,1H3,(H,37,39)/t21-,24-,27-/m0/s1. The maximum absolute atomic E-state index is 13.1. The van der Waals surface area contributed by atoms with Crippen LogP contribution in [0.4, 0.5) is 23.2 Å². The van der Waals surface area contributed by atoms with Gasteiger partial charge < -0.3 is 24.4 Å². The molecule has 0 aliphatic carbocycles. The molecular formula is C30H30F4N4O6S. The van der Waals surface area contributed by atoms with Crippen molar-refractivity contribution in [1.82, 2.24) is 10.3 Å². The summed E-state index contributed by atoms with van der Waals surface area (Å²) in [5.74, 6) is -0.253. The lowest BCUT2D eigenvalue weighted by Gasteiger charge is -2.26. The van der Waals surface area contributed by atoms with Crippen molar-refractivity contribution in [2.24, 2.45) is 0 Å². The second kappa shape index (κ2) is 15.0. The van der Waals surface area contributed by atoms with Gasteiger partial charge in [-0.2, -0.15) is 22.8 Å². The average molecular weight is 651 g/mol. The summed E-state index contributed by atoms with van der Waals surface area (Å²) in [5, 5.41) is 12.0. The monoisotopic (exact) mass is 650 g/mol. The van der Waals surface area contributed by atoms with Gasteiger partial charge >= 0.3 is 13.2 Å². The third-order valence-corrected chi connectivity index (χ3v) is 8.78. The third kappa shape index (κ3) is 9.05. The molecule has 1 saturated heterocycles. The Hall–Kier alpha value is -4.42. The van der Waals surface area contributed by atoms with Gasteiger partial charge in [0.25, 0.3) is 5.91 Å². The molecule has 3 atom stereocenters. The van der Waals surface area contributed by atoms with Crippen LogP contribution < -0.4 is 19.7 Å². The largest absolute Gasteiger partial charge is 0.489 e. The second-order valence-electron chi connectivity index (χ2n) is 9.98. The number of carbonyl (C=O) groups excluding carboxylic acids is 1. The van der Waals surface area contributed by atoms with Crippen molar-refractivity contribution in [3.63, 3.8) is 0 Å². The van der Waals surface area contributed by atoms with Gasteiger partial charge in [-0.25, -0.2) is 8.42 Å². The number of aromatic nitrogens is 1. The zero-order valence-electron chi connectivity index (χ0n) is 24.0. The molecule has 10 nitrogen and oxygen atoms in total. The fourth-order valence-corrected chi connectivity index (χ4v) is 5.65. The topological polar surface area (TPSA) is 131 Å². The van der Waals surface area contributed by atoms with Crippen molar-refractivity contribution < 1.29 is 45.0 Å². The number of rotatable bonds is 14. The van der Waals surface area contributed by atoms with E-state index in [0.717, 1.165) is 0 Å². The van der Waals surface area contributed by atoms with Gasteiger partial charge in [0.2, 0.25) is 0 Å². The lowest BCUT2D eigenvalue weighted by Crippen LogP contribution is -2.34. The van der Waals surface area contributed by atoms with E-state index in [-0.39, 0.29) is 41.5 Å². The smallest absolute Gasteiger partial charge is 0.387 e. The van der Waals surface area contributed by atoms with Crippen LogP contribution in [0.15, 0.2) is 71.8 Å². The Balaban J connectivity index is 1.44. The molecular weight excluding hydrogens is 620 g/mol. The molecule has 0 saturated carbocycles. The minimum atomic E-state index is -3.47. The molecule has 4 rings (SSSR count). The van der Waals surface area contributed by atoms with Crippen LogP contribution in [-0.4, -0.2) is 63.6 Å². The fourth-order valence-electron chi connectivity index (χ4n) is 4.82. The molecule has 2 aromatic carbocycles. The first-order chi connectivity index (χ1) is 21.5. The maximum Gasteiger partial charge on any atom is 0.387 e. The van der Waals surface area contributed by atoms with Crippen LogP contribution in [0.2, 0.25) is 0 Å². The number of nitrogens with one attached hydrogen (secondary N) is 1. The predicted molar refractivity (Wildman–Crippen MR) is 154 cm³/mol. The molecule has 45 heavy (non-hydrogen) atoms. The third-order valence-electron chi connectivity index (χ3n) is 7.06. The second-order valence-corrected chi connectivity index (χ2v) is 12.3. The SMILES string of the molecule is CCS(=O)(=O)c1ccc([C@H](CC#N)NC(=O)c2ccc(N3C[C@@H](Oc4ccc(OC(F)F)cc4)C[C@H]3COC(F)F)cc2)nc1. The highest BCUT2D eigenvalue weighted by Gasteiger charge is 2.34. The van der Waals surface area contributed by atoms with Gasteiger partial charge in [-0.05, 0) is 60.7 Å². The van der Waals surface area contributed by atoms with Gasteiger partial charge in [-0.15, -0.1) is 0 Å². The van der Waals surface area contributed by atoms with Crippen molar-refractivity contribution in [3.8, 4) is 17.6 Å².